The van der Waals surface area contributed by atoms with Gasteiger partial charge in [0, 0.05) is 0 Å². The van der Waals surface area contributed by atoms with Gasteiger partial charge in [0.05, 0.1) is 12.4 Å². The van der Waals surface area contributed by atoms with Gasteiger partial charge in [-0.05, 0) is 0 Å². The summed E-state index contributed by atoms with van der Waals surface area (Å²) in [7, 11) is 0. The maximum Gasteiger partial charge on any atom is 0.215 e. The Bertz CT molecular complexity index is 201. The van der Waals surface area contributed by atoms with Crippen molar-refractivity contribution in [1.82, 2.24) is 4.98 Å². The van der Waals surface area contributed by atoms with Crippen LogP contribution in [0.15, 0.2) is 18.6 Å². The number of fused-ring (bicyclic) bond motifs is 1. The molecule has 1 aliphatic rings. The zero-order valence-corrected chi connectivity index (χ0v) is 5.64. The first-order valence-corrected chi connectivity index (χ1v) is 3.80. The summed E-state index contributed by atoms with van der Waals surface area (Å²) in [5, 5.41) is 0. The molecule has 0 unspecified atom stereocenters. The Morgan fingerprint density at radius 2 is 2.67 bits per heavy atom. The largest absolute Gasteiger partial charge is 0.252 e. The third-order valence-electron chi connectivity index (χ3n) is 1.29. The van der Waals surface area contributed by atoms with Crippen LogP contribution in [0.25, 0.3) is 0 Å². The fraction of sp³-hybridized carbons (Fsp3) is 0.167. The highest BCUT2D eigenvalue weighted by molar-refractivity contribution is 8.00. The number of hydrogen-bond acceptors (Lipinski definition) is 2. The van der Waals surface area contributed by atoms with Gasteiger partial charge in [0.15, 0.2) is 12.1 Å². The van der Waals surface area contributed by atoms with Crippen molar-refractivity contribution < 1.29 is 4.57 Å². The molecule has 0 saturated heterocycles. The Labute approximate surface area is 57.9 Å². The molecule has 1 radical (unpaired) electrons. The second kappa shape index (κ2) is 1.99. The average molecular weight is 138 g/mol. The van der Waals surface area contributed by atoms with E-state index in [2.05, 4.69) is 15.3 Å². The lowest BCUT2D eigenvalue weighted by molar-refractivity contribution is -0.676. The maximum absolute atomic E-state index is 3.99. The van der Waals surface area contributed by atoms with Crippen LogP contribution in [0, 0.1) is 5.75 Å². The quantitative estimate of drug-likeness (QED) is 0.488. The molecule has 45 valence electrons. The van der Waals surface area contributed by atoms with Crippen molar-refractivity contribution >= 4 is 11.8 Å². The average Bonchev–Trinajstić information content (AvgIpc) is 2.33. The molecule has 0 N–H and O–H groups in total. The third-order valence-corrected chi connectivity index (χ3v) is 2.12. The van der Waals surface area contributed by atoms with E-state index in [-0.39, 0.29) is 0 Å². The zero-order valence-electron chi connectivity index (χ0n) is 4.82. The summed E-state index contributed by atoms with van der Waals surface area (Å²) in [5.74, 6) is 3.16. The fourth-order valence-corrected chi connectivity index (χ4v) is 1.65. The summed E-state index contributed by atoms with van der Waals surface area (Å²) in [6.07, 6.45) is 5.68. The Hall–Kier alpha value is -0.570. The Balaban J connectivity index is 2.54. The topological polar surface area (TPSA) is 16.8 Å². The summed E-state index contributed by atoms with van der Waals surface area (Å²) >= 11 is 1.80. The number of rotatable bonds is 0. The van der Waals surface area contributed by atoms with Crippen LogP contribution >= 0.6 is 11.8 Å². The first kappa shape index (κ1) is 5.23. The molecule has 3 heteroatoms. The van der Waals surface area contributed by atoms with Crippen LogP contribution < -0.4 is 4.57 Å². The van der Waals surface area contributed by atoms with Gasteiger partial charge in [-0.25, -0.2) is 0 Å². The molecule has 0 aromatic carbocycles. The molecule has 2 nitrogen and oxygen atoms in total. The van der Waals surface area contributed by atoms with E-state index >= 15 is 0 Å². The second-order valence-corrected chi connectivity index (χ2v) is 2.71. The molecule has 0 spiro atoms. The van der Waals surface area contributed by atoms with E-state index in [1.54, 1.807) is 11.8 Å². The van der Waals surface area contributed by atoms with Crippen molar-refractivity contribution in [3.8, 4) is 0 Å². The van der Waals surface area contributed by atoms with E-state index in [4.69, 9.17) is 0 Å². The molecule has 0 amide bonds. The number of hydrogen-bond donors (Lipinski definition) is 0. The van der Waals surface area contributed by atoms with Crippen LogP contribution in [-0.2, 0) is 5.88 Å². The van der Waals surface area contributed by atoms with Gasteiger partial charge in [0.2, 0.25) is 5.69 Å². The first-order chi connectivity index (χ1) is 4.47. The summed E-state index contributed by atoms with van der Waals surface area (Å²) in [6.45, 7) is 0. The molecule has 2 heterocycles. The van der Waals surface area contributed by atoms with E-state index in [9.17, 15) is 0 Å². The summed E-state index contributed by atoms with van der Waals surface area (Å²) in [4.78, 5) is 3.99. The number of thioether (sulfide) groups is 1. The van der Waals surface area contributed by atoms with Crippen LogP contribution in [-0.4, -0.2) is 4.98 Å². The smallest absolute Gasteiger partial charge is 0.215 e. The third kappa shape index (κ3) is 0.812. The van der Waals surface area contributed by atoms with Crippen LogP contribution in [0.5, 0.6) is 0 Å². The normalized spacial score (nSPS) is 15.6. The van der Waals surface area contributed by atoms with Gasteiger partial charge >= 0.3 is 0 Å². The highest BCUT2D eigenvalue weighted by Crippen LogP contribution is 2.16. The van der Waals surface area contributed by atoms with Crippen LogP contribution in [0.4, 0.5) is 0 Å². The van der Waals surface area contributed by atoms with Crippen molar-refractivity contribution in [2.45, 2.75) is 5.88 Å². The van der Waals surface area contributed by atoms with Gasteiger partial charge in [0.25, 0.3) is 0 Å². The van der Waals surface area contributed by atoms with Gasteiger partial charge in [-0.1, -0.05) is 11.8 Å². The van der Waals surface area contributed by atoms with E-state index in [1.165, 1.54) is 5.69 Å². The van der Waals surface area contributed by atoms with Crippen molar-refractivity contribution in [1.29, 1.82) is 0 Å². The van der Waals surface area contributed by atoms with Crippen molar-refractivity contribution in [3.63, 3.8) is 0 Å². The fourth-order valence-electron chi connectivity index (χ4n) is 0.817. The molecule has 1 aromatic rings. The minimum atomic E-state index is 1.04. The lowest BCUT2D eigenvalue weighted by Gasteiger charge is -1.85. The monoisotopic (exact) mass is 138 g/mol. The molecule has 0 aliphatic carbocycles. The summed E-state index contributed by atoms with van der Waals surface area (Å²) < 4.78 is 2.16. The van der Waals surface area contributed by atoms with E-state index in [0.29, 0.717) is 0 Å². The van der Waals surface area contributed by atoms with Gasteiger partial charge in [-0.3, -0.25) is 4.98 Å². The number of nitrogens with zero attached hydrogens (tertiary/aromatic N) is 2. The van der Waals surface area contributed by atoms with Crippen molar-refractivity contribution in [2.24, 2.45) is 0 Å². The minimum absolute atomic E-state index is 1.04. The SMILES string of the molecule is [CH]1SC[n+]2ccncc21. The molecule has 0 bridgehead atoms. The highest BCUT2D eigenvalue weighted by Gasteiger charge is 2.17. The standard InChI is InChI=1S/C6H6N2S/c1-2-8-5-9-4-6(8)3-7-1/h1-4H,5H2/q+1. The minimum Gasteiger partial charge on any atom is -0.252 e. The van der Waals surface area contributed by atoms with Crippen LogP contribution in [0.3, 0.4) is 0 Å². The highest BCUT2D eigenvalue weighted by atomic mass is 32.2. The van der Waals surface area contributed by atoms with Gasteiger partial charge in [0.1, 0.15) is 5.75 Å². The molecule has 1 aromatic heterocycles. The van der Waals surface area contributed by atoms with Crippen LogP contribution in [0.1, 0.15) is 5.69 Å². The predicted octanol–water partition coefficient (Wildman–Crippen LogP) is 0.583. The molecule has 0 saturated carbocycles. The Kier molecular flexibility index (Phi) is 1.16. The molecule has 9 heavy (non-hydrogen) atoms. The van der Waals surface area contributed by atoms with Gasteiger partial charge in [-0.15, -0.1) is 0 Å². The van der Waals surface area contributed by atoms with Crippen molar-refractivity contribution in [2.75, 3.05) is 0 Å². The zero-order chi connectivity index (χ0) is 6.10. The Morgan fingerprint density at radius 3 is 3.56 bits per heavy atom. The molecule has 0 atom stereocenters. The van der Waals surface area contributed by atoms with Gasteiger partial charge in [-0.2, -0.15) is 4.57 Å². The molecule has 0 fully saturated rings. The predicted molar refractivity (Wildman–Crippen MR) is 35.4 cm³/mol. The molecule has 2 rings (SSSR count). The molecular formula is C6H6N2S+. The van der Waals surface area contributed by atoms with Crippen molar-refractivity contribution in [3.05, 3.63) is 30.0 Å². The molecular weight excluding hydrogens is 132 g/mol. The lowest BCUT2D eigenvalue weighted by atomic mass is 10.5. The van der Waals surface area contributed by atoms with E-state index < -0.39 is 0 Å². The molecule has 1 aliphatic heterocycles. The lowest BCUT2D eigenvalue weighted by Crippen LogP contribution is -2.31. The van der Waals surface area contributed by atoms with E-state index in [0.717, 1.165) is 5.88 Å². The van der Waals surface area contributed by atoms with Gasteiger partial charge < -0.3 is 0 Å². The van der Waals surface area contributed by atoms with Crippen LogP contribution in [0.2, 0.25) is 0 Å². The van der Waals surface area contributed by atoms with E-state index in [1.807, 2.05) is 18.6 Å². The Morgan fingerprint density at radius 1 is 1.67 bits per heavy atom. The summed E-state index contributed by atoms with van der Waals surface area (Å²) in [6, 6.07) is 0. The maximum atomic E-state index is 3.99. The first-order valence-electron chi connectivity index (χ1n) is 2.75. The number of aromatic nitrogens is 2. The summed E-state index contributed by atoms with van der Waals surface area (Å²) in [5.41, 5.74) is 1.21. The second-order valence-electron chi connectivity index (χ2n) is 1.88.